The van der Waals surface area contributed by atoms with Gasteiger partial charge in [-0.15, -0.1) is 0 Å². The number of sulfonamides is 1. The van der Waals surface area contributed by atoms with E-state index in [-0.39, 0.29) is 18.1 Å². The number of nitrogens with one attached hydrogen (secondary N) is 1. The molecule has 1 fully saturated rings. The zero-order chi connectivity index (χ0) is 20.3. The zero-order valence-corrected chi connectivity index (χ0v) is 17.1. The highest BCUT2D eigenvalue weighted by molar-refractivity contribution is 7.93. The van der Waals surface area contributed by atoms with Crippen molar-refractivity contribution in [1.82, 2.24) is 0 Å². The Labute approximate surface area is 169 Å². The van der Waals surface area contributed by atoms with Crippen LogP contribution in [0.25, 0.3) is 0 Å². The number of methoxy groups -OCH3 is 2. The molecule has 150 valence electrons. The molecule has 2 aromatic carbocycles. The standard InChI is InChI=1S/C19H21ClN2O5S/c1-26-17-7-4-13(10-18(17)27-2)11-19(23)21-14-5-6-15(20)16(12-14)22-8-3-9-28(22,24)25/h4-7,10,12H,3,8-9,11H2,1-2H3,(H,21,23). The second kappa shape index (κ2) is 8.28. The van der Waals surface area contributed by atoms with Crippen LogP contribution in [0.4, 0.5) is 11.4 Å². The lowest BCUT2D eigenvalue weighted by Gasteiger charge is -2.19. The summed E-state index contributed by atoms with van der Waals surface area (Å²) in [6, 6.07) is 10.1. The van der Waals surface area contributed by atoms with Crippen LogP contribution in [0.15, 0.2) is 36.4 Å². The predicted molar refractivity (Wildman–Crippen MR) is 109 cm³/mol. The molecule has 1 heterocycles. The Bertz CT molecular complexity index is 994. The second-order valence-electron chi connectivity index (χ2n) is 6.32. The zero-order valence-electron chi connectivity index (χ0n) is 15.6. The van der Waals surface area contributed by atoms with Gasteiger partial charge in [-0.2, -0.15) is 0 Å². The molecule has 1 N–H and O–H groups in total. The van der Waals surface area contributed by atoms with E-state index in [9.17, 15) is 13.2 Å². The van der Waals surface area contributed by atoms with Gasteiger partial charge >= 0.3 is 0 Å². The molecule has 3 rings (SSSR count). The summed E-state index contributed by atoms with van der Waals surface area (Å²) in [5, 5.41) is 3.11. The Balaban J connectivity index is 1.75. The number of halogens is 1. The first kappa shape index (κ1) is 20.3. The van der Waals surface area contributed by atoms with Gasteiger partial charge in [0.15, 0.2) is 11.5 Å². The molecule has 1 aliphatic heterocycles. The van der Waals surface area contributed by atoms with E-state index in [1.165, 1.54) is 11.4 Å². The number of nitrogens with zero attached hydrogens (tertiary/aromatic N) is 1. The molecule has 0 aliphatic carbocycles. The summed E-state index contributed by atoms with van der Waals surface area (Å²) in [6.07, 6.45) is 0.675. The molecule has 1 saturated heterocycles. The third-order valence-electron chi connectivity index (χ3n) is 4.41. The molecule has 2 aromatic rings. The number of hydrogen-bond donors (Lipinski definition) is 1. The SMILES string of the molecule is COc1ccc(CC(=O)Nc2ccc(Cl)c(N3CCCS3(=O)=O)c2)cc1OC. The number of ether oxygens (including phenoxy) is 2. The van der Waals surface area contributed by atoms with Crippen LogP contribution in [0.3, 0.4) is 0 Å². The minimum absolute atomic E-state index is 0.0964. The lowest BCUT2D eigenvalue weighted by molar-refractivity contribution is -0.115. The van der Waals surface area contributed by atoms with Crippen LogP contribution >= 0.6 is 11.6 Å². The summed E-state index contributed by atoms with van der Waals surface area (Å²) in [5.41, 5.74) is 1.61. The van der Waals surface area contributed by atoms with Crippen LogP contribution in [0.5, 0.6) is 11.5 Å². The molecule has 0 aromatic heterocycles. The van der Waals surface area contributed by atoms with E-state index < -0.39 is 10.0 Å². The second-order valence-corrected chi connectivity index (χ2v) is 8.74. The van der Waals surface area contributed by atoms with Crippen molar-refractivity contribution in [1.29, 1.82) is 0 Å². The van der Waals surface area contributed by atoms with Gasteiger partial charge in [0.2, 0.25) is 15.9 Å². The molecule has 9 heteroatoms. The van der Waals surface area contributed by atoms with Crippen molar-refractivity contribution in [3.63, 3.8) is 0 Å². The summed E-state index contributed by atoms with van der Waals surface area (Å²) in [6.45, 7) is 0.380. The minimum Gasteiger partial charge on any atom is -0.493 e. The summed E-state index contributed by atoms with van der Waals surface area (Å²) in [7, 11) is -0.285. The van der Waals surface area contributed by atoms with Gasteiger partial charge in [-0.3, -0.25) is 9.10 Å². The first-order chi connectivity index (χ1) is 13.3. The first-order valence-electron chi connectivity index (χ1n) is 8.65. The first-order valence-corrected chi connectivity index (χ1v) is 10.6. The third-order valence-corrected chi connectivity index (χ3v) is 6.59. The quantitative estimate of drug-likeness (QED) is 0.770. The Morgan fingerprint density at radius 3 is 2.54 bits per heavy atom. The number of hydrogen-bond acceptors (Lipinski definition) is 5. The van der Waals surface area contributed by atoms with Crippen molar-refractivity contribution >= 4 is 38.9 Å². The van der Waals surface area contributed by atoms with Gasteiger partial charge in [-0.25, -0.2) is 8.42 Å². The Morgan fingerprint density at radius 2 is 1.89 bits per heavy atom. The number of amides is 1. The molecule has 0 spiro atoms. The number of carbonyl (C=O) groups excluding carboxylic acids is 1. The summed E-state index contributed by atoms with van der Waals surface area (Å²) < 4.78 is 36.0. The van der Waals surface area contributed by atoms with Gasteiger partial charge in [0.1, 0.15) is 0 Å². The molecule has 28 heavy (non-hydrogen) atoms. The fraction of sp³-hybridized carbons (Fsp3) is 0.316. The molecule has 0 saturated carbocycles. The monoisotopic (exact) mass is 424 g/mol. The van der Waals surface area contributed by atoms with Crippen LogP contribution in [0.2, 0.25) is 5.02 Å². The molecule has 0 radical (unpaired) electrons. The Kier molecular flexibility index (Phi) is 6.00. The topological polar surface area (TPSA) is 84.9 Å². The van der Waals surface area contributed by atoms with Crippen LogP contribution in [-0.2, 0) is 21.2 Å². The molecule has 0 bridgehead atoms. The van der Waals surface area contributed by atoms with E-state index in [0.717, 1.165) is 5.56 Å². The molecule has 0 unspecified atom stereocenters. The lowest BCUT2D eigenvalue weighted by Crippen LogP contribution is -2.25. The van der Waals surface area contributed by atoms with Crippen LogP contribution < -0.4 is 19.1 Å². The molecule has 1 amide bonds. The van der Waals surface area contributed by atoms with E-state index in [4.69, 9.17) is 21.1 Å². The van der Waals surface area contributed by atoms with Gasteiger partial charge in [-0.05, 0) is 42.3 Å². The van der Waals surface area contributed by atoms with Gasteiger partial charge in [0, 0.05) is 12.2 Å². The number of carbonyl (C=O) groups is 1. The Hall–Kier alpha value is -2.45. The minimum atomic E-state index is -3.36. The van der Waals surface area contributed by atoms with Crippen molar-refractivity contribution in [2.45, 2.75) is 12.8 Å². The number of rotatable bonds is 6. The van der Waals surface area contributed by atoms with E-state index in [1.807, 2.05) is 0 Å². The van der Waals surface area contributed by atoms with Crippen molar-refractivity contribution in [3.05, 3.63) is 47.0 Å². The largest absolute Gasteiger partial charge is 0.493 e. The predicted octanol–water partition coefficient (Wildman–Crippen LogP) is 3.08. The maximum atomic E-state index is 12.4. The Morgan fingerprint density at radius 1 is 1.14 bits per heavy atom. The average Bonchev–Trinajstić information content (AvgIpc) is 3.02. The van der Waals surface area contributed by atoms with E-state index in [2.05, 4.69) is 5.32 Å². The van der Waals surface area contributed by atoms with Gasteiger partial charge in [0.25, 0.3) is 0 Å². The highest BCUT2D eigenvalue weighted by atomic mass is 35.5. The van der Waals surface area contributed by atoms with Crippen molar-refractivity contribution in [2.75, 3.05) is 36.1 Å². The highest BCUT2D eigenvalue weighted by Gasteiger charge is 2.30. The van der Waals surface area contributed by atoms with Crippen LogP contribution in [0.1, 0.15) is 12.0 Å². The molecule has 0 atom stereocenters. The molecule has 7 nitrogen and oxygen atoms in total. The van der Waals surface area contributed by atoms with E-state index in [1.54, 1.807) is 43.5 Å². The smallest absolute Gasteiger partial charge is 0.235 e. The summed E-state index contributed by atoms with van der Waals surface area (Å²) >= 11 is 6.19. The summed E-state index contributed by atoms with van der Waals surface area (Å²) in [4.78, 5) is 12.4. The van der Waals surface area contributed by atoms with Gasteiger partial charge in [-0.1, -0.05) is 17.7 Å². The fourth-order valence-electron chi connectivity index (χ4n) is 3.07. The molecular weight excluding hydrogens is 404 g/mol. The third kappa shape index (κ3) is 4.34. The highest BCUT2D eigenvalue weighted by Crippen LogP contribution is 2.33. The van der Waals surface area contributed by atoms with Crippen molar-refractivity contribution in [3.8, 4) is 11.5 Å². The lowest BCUT2D eigenvalue weighted by atomic mass is 10.1. The normalized spacial score (nSPS) is 15.3. The fourth-order valence-corrected chi connectivity index (χ4v) is 4.91. The van der Waals surface area contributed by atoms with Gasteiger partial charge in [0.05, 0.1) is 37.1 Å². The maximum absolute atomic E-state index is 12.4. The van der Waals surface area contributed by atoms with E-state index in [0.29, 0.717) is 40.9 Å². The number of benzene rings is 2. The van der Waals surface area contributed by atoms with Crippen molar-refractivity contribution < 1.29 is 22.7 Å². The van der Waals surface area contributed by atoms with E-state index >= 15 is 0 Å². The summed E-state index contributed by atoms with van der Waals surface area (Å²) in [5.74, 6) is 0.977. The average molecular weight is 425 g/mol. The molecular formula is C19H21ClN2O5S. The van der Waals surface area contributed by atoms with Crippen LogP contribution in [-0.4, -0.2) is 40.8 Å². The molecule has 1 aliphatic rings. The van der Waals surface area contributed by atoms with Crippen LogP contribution in [0, 0.1) is 0 Å². The van der Waals surface area contributed by atoms with Gasteiger partial charge < -0.3 is 14.8 Å². The number of anilines is 2. The maximum Gasteiger partial charge on any atom is 0.235 e. The van der Waals surface area contributed by atoms with Crippen molar-refractivity contribution in [2.24, 2.45) is 0 Å².